The molecule has 1 aromatic carbocycles. The molecule has 5 heteroatoms. The molecule has 2 fully saturated rings. The lowest BCUT2D eigenvalue weighted by Gasteiger charge is -2.34. The Morgan fingerprint density at radius 1 is 1.27 bits per heavy atom. The van der Waals surface area contributed by atoms with Crippen molar-refractivity contribution in [2.75, 3.05) is 33.2 Å². The van der Waals surface area contributed by atoms with E-state index in [1.165, 1.54) is 55.4 Å². The zero-order valence-corrected chi connectivity index (χ0v) is 18.0. The number of benzene rings is 1. The van der Waals surface area contributed by atoms with Gasteiger partial charge in [0.25, 0.3) is 0 Å². The van der Waals surface area contributed by atoms with Crippen molar-refractivity contribution >= 4 is 21.9 Å². The SMILES string of the molecule is CN=C(NCC1(c2ccccc2Br)CC1)NC1CCN(CC(C)C)CC1. The third kappa shape index (κ3) is 5.01. The van der Waals surface area contributed by atoms with Gasteiger partial charge < -0.3 is 15.5 Å². The number of likely N-dealkylation sites (tertiary alicyclic amines) is 1. The number of piperidine rings is 1. The van der Waals surface area contributed by atoms with Crippen LogP contribution in [0.5, 0.6) is 0 Å². The molecule has 144 valence electrons. The van der Waals surface area contributed by atoms with Gasteiger partial charge in [0.2, 0.25) is 0 Å². The predicted octanol–water partition coefficient (Wildman–Crippen LogP) is 3.77. The van der Waals surface area contributed by atoms with E-state index in [0.717, 1.165) is 18.4 Å². The van der Waals surface area contributed by atoms with E-state index >= 15 is 0 Å². The van der Waals surface area contributed by atoms with Crippen LogP contribution in [0.1, 0.15) is 45.1 Å². The number of hydrogen-bond donors (Lipinski definition) is 2. The Balaban J connectivity index is 1.48. The first-order valence-electron chi connectivity index (χ1n) is 9.97. The number of halogens is 1. The monoisotopic (exact) mass is 420 g/mol. The van der Waals surface area contributed by atoms with Crippen LogP contribution in [-0.2, 0) is 5.41 Å². The summed E-state index contributed by atoms with van der Waals surface area (Å²) in [5, 5.41) is 7.24. The minimum absolute atomic E-state index is 0.262. The maximum Gasteiger partial charge on any atom is 0.191 e. The van der Waals surface area contributed by atoms with Crippen LogP contribution in [0.4, 0.5) is 0 Å². The van der Waals surface area contributed by atoms with Gasteiger partial charge in [-0.05, 0) is 43.2 Å². The summed E-state index contributed by atoms with van der Waals surface area (Å²) in [6.07, 6.45) is 4.88. The van der Waals surface area contributed by atoms with Crippen LogP contribution in [0.15, 0.2) is 33.7 Å². The number of aliphatic imine (C=N–C) groups is 1. The summed E-state index contributed by atoms with van der Waals surface area (Å²) < 4.78 is 1.22. The third-order valence-corrected chi connectivity index (χ3v) is 6.36. The highest BCUT2D eigenvalue weighted by atomic mass is 79.9. The van der Waals surface area contributed by atoms with Gasteiger partial charge in [-0.15, -0.1) is 0 Å². The largest absolute Gasteiger partial charge is 0.356 e. The van der Waals surface area contributed by atoms with Crippen LogP contribution >= 0.6 is 15.9 Å². The van der Waals surface area contributed by atoms with Crippen molar-refractivity contribution < 1.29 is 0 Å². The second kappa shape index (κ2) is 8.75. The third-order valence-electron chi connectivity index (χ3n) is 5.67. The Bertz CT molecular complexity index is 616. The number of nitrogens with zero attached hydrogens (tertiary/aromatic N) is 2. The minimum atomic E-state index is 0.262. The highest BCUT2D eigenvalue weighted by molar-refractivity contribution is 9.10. The number of guanidine groups is 1. The number of rotatable bonds is 6. The minimum Gasteiger partial charge on any atom is -0.356 e. The fourth-order valence-electron chi connectivity index (χ4n) is 4.00. The average molecular weight is 421 g/mol. The van der Waals surface area contributed by atoms with E-state index < -0.39 is 0 Å². The molecular weight excluding hydrogens is 388 g/mol. The summed E-state index contributed by atoms with van der Waals surface area (Å²) in [7, 11) is 1.88. The molecule has 1 aliphatic carbocycles. The maximum absolute atomic E-state index is 4.47. The topological polar surface area (TPSA) is 39.7 Å². The van der Waals surface area contributed by atoms with Crippen molar-refractivity contribution in [3.63, 3.8) is 0 Å². The first kappa shape index (κ1) is 19.7. The van der Waals surface area contributed by atoms with E-state index in [0.29, 0.717) is 6.04 Å². The lowest BCUT2D eigenvalue weighted by molar-refractivity contribution is 0.187. The molecule has 2 aliphatic rings. The first-order valence-corrected chi connectivity index (χ1v) is 10.8. The molecule has 0 atom stereocenters. The fraction of sp³-hybridized carbons (Fsp3) is 0.667. The standard InChI is InChI=1S/C21H33BrN4/c1-16(2)14-26-12-8-17(9-13-26)25-20(23-3)24-15-21(10-11-21)18-6-4-5-7-19(18)22/h4-7,16-17H,8-15H2,1-3H3,(H2,23,24,25). The fourth-order valence-corrected chi connectivity index (χ4v) is 4.71. The molecule has 1 aromatic rings. The van der Waals surface area contributed by atoms with Crippen molar-refractivity contribution in [2.24, 2.45) is 10.9 Å². The Hall–Kier alpha value is -1.07. The van der Waals surface area contributed by atoms with Crippen LogP contribution in [0.25, 0.3) is 0 Å². The quantitative estimate of drug-likeness (QED) is 0.543. The van der Waals surface area contributed by atoms with Crippen LogP contribution in [-0.4, -0.2) is 50.1 Å². The van der Waals surface area contributed by atoms with Crippen molar-refractivity contribution in [3.8, 4) is 0 Å². The van der Waals surface area contributed by atoms with Crippen LogP contribution in [0.3, 0.4) is 0 Å². The summed E-state index contributed by atoms with van der Waals surface area (Å²) in [4.78, 5) is 7.05. The maximum atomic E-state index is 4.47. The molecule has 26 heavy (non-hydrogen) atoms. The summed E-state index contributed by atoms with van der Waals surface area (Å²) >= 11 is 3.72. The molecule has 3 rings (SSSR count). The Morgan fingerprint density at radius 2 is 1.96 bits per heavy atom. The lowest BCUT2D eigenvalue weighted by atomic mass is 9.96. The Labute approximate surface area is 167 Å². The van der Waals surface area contributed by atoms with E-state index in [1.54, 1.807) is 0 Å². The summed E-state index contributed by atoms with van der Waals surface area (Å²) in [5.41, 5.74) is 1.68. The molecular formula is C21H33BrN4. The molecule has 1 aliphatic heterocycles. The Morgan fingerprint density at radius 3 is 2.54 bits per heavy atom. The zero-order chi connectivity index (χ0) is 18.6. The highest BCUT2D eigenvalue weighted by Gasteiger charge is 2.45. The molecule has 0 spiro atoms. The van der Waals surface area contributed by atoms with E-state index in [-0.39, 0.29) is 5.41 Å². The van der Waals surface area contributed by atoms with Gasteiger partial charge in [0.1, 0.15) is 0 Å². The zero-order valence-electron chi connectivity index (χ0n) is 16.4. The number of nitrogens with one attached hydrogen (secondary N) is 2. The molecule has 0 aromatic heterocycles. The molecule has 0 unspecified atom stereocenters. The Kier molecular flexibility index (Phi) is 6.62. The van der Waals surface area contributed by atoms with E-state index in [1.807, 2.05) is 7.05 Å². The molecule has 1 saturated carbocycles. The van der Waals surface area contributed by atoms with Crippen molar-refractivity contribution in [1.82, 2.24) is 15.5 Å². The van der Waals surface area contributed by atoms with Gasteiger partial charge in [-0.3, -0.25) is 4.99 Å². The first-order chi connectivity index (χ1) is 12.5. The molecule has 0 bridgehead atoms. The van der Waals surface area contributed by atoms with E-state index in [2.05, 4.69) is 74.6 Å². The van der Waals surface area contributed by atoms with Crippen molar-refractivity contribution in [3.05, 3.63) is 34.3 Å². The van der Waals surface area contributed by atoms with Crippen LogP contribution < -0.4 is 10.6 Å². The smallest absolute Gasteiger partial charge is 0.191 e. The lowest BCUT2D eigenvalue weighted by Crippen LogP contribution is -2.50. The predicted molar refractivity (Wildman–Crippen MR) is 114 cm³/mol. The second-order valence-electron chi connectivity index (χ2n) is 8.30. The second-order valence-corrected chi connectivity index (χ2v) is 9.15. The molecule has 1 saturated heterocycles. The summed E-state index contributed by atoms with van der Waals surface area (Å²) in [5.74, 6) is 1.70. The van der Waals surface area contributed by atoms with Gasteiger partial charge in [-0.1, -0.05) is 48.0 Å². The van der Waals surface area contributed by atoms with Crippen molar-refractivity contribution in [1.29, 1.82) is 0 Å². The normalized spacial score (nSPS) is 21.0. The van der Waals surface area contributed by atoms with Crippen molar-refractivity contribution in [2.45, 2.75) is 51.0 Å². The average Bonchev–Trinajstić information content (AvgIpc) is 3.41. The summed E-state index contributed by atoms with van der Waals surface area (Å²) in [6, 6.07) is 9.15. The molecule has 4 nitrogen and oxygen atoms in total. The molecule has 0 amide bonds. The molecule has 1 heterocycles. The van der Waals surface area contributed by atoms with Gasteiger partial charge in [-0.25, -0.2) is 0 Å². The van der Waals surface area contributed by atoms with E-state index in [9.17, 15) is 0 Å². The molecule has 0 radical (unpaired) electrons. The van der Waals surface area contributed by atoms with Gasteiger partial charge in [0.05, 0.1) is 0 Å². The summed E-state index contributed by atoms with van der Waals surface area (Å²) in [6.45, 7) is 9.14. The van der Waals surface area contributed by atoms with Gasteiger partial charge in [0, 0.05) is 49.2 Å². The van der Waals surface area contributed by atoms with E-state index in [4.69, 9.17) is 0 Å². The highest BCUT2D eigenvalue weighted by Crippen LogP contribution is 2.49. The van der Waals surface area contributed by atoms with Gasteiger partial charge in [0.15, 0.2) is 5.96 Å². The van der Waals surface area contributed by atoms with Crippen LogP contribution in [0.2, 0.25) is 0 Å². The molecule has 2 N–H and O–H groups in total. The van der Waals surface area contributed by atoms with Gasteiger partial charge in [-0.2, -0.15) is 0 Å². The van der Waals surface area contributed by atoms with Crippen LogP contribution in [0, 0.1) is 5.92 Å². The number of hydrogen-bond acceptors (Lipinski definition) is 2. The van der Waals surface area contributed by atoms with Gasteiger partial charge >= 0.3 is 0 Å².